The van der Waals surface area contributed by atoms with Crippen LogP contribution in [0.15, 0.2) is 53.3 Å². The summed E-state index contributed by atoms with van der Waals surface area (Å²) in [7, 11) is 0. The first-order chi connectivity index (χ1) is 12.0. The number of hydrogen-bond donors (Lipinski definition) is 2. The van der Waals surface area contributed by atoms with Crippen LogP contribution in [0.5, 0.6) is 0 Å². The van der Waals surface area contributed by atoms with Crippen LogP contribution in [0.3, 0.4) is 0 Å². The fourth-order valence-corrected chi connectivity index (χ4v) is 2.92. The van der Waals surface area contributed by atoms with Crippen LogP contribution in [-0.2, 0) is 17.9 Å². The average Bonchev–Trinajstić information content (AvgIpc) is 2.61. The molecule has 2 aromatic carbocycles. The third-order valence-electron chi connectivity index (χ3n) is 3.85. The monoisotopic (exact) mass is 373 g/mol. The minimum atomic E-state index is -0.190. The standard InChI is InChI=1S/C18H16ClN3O2S/c19-13-7-5-12(6-8-13)11-20-16(23)9-10-22-17(24)14-3-1-2-4-15(14)21-18(22)25/h1-8H,9-11H2,(H,20,23)(H,21,25). The molecule has 5 nitrogen and oxygen atoms in total. The van der Waals surface area contributed by atoms with Crippen molar-refractivity contribution in [3.8, 4) is 0 Å². The highest BCUT2D eigenvalue weighted by molar-refractivity contribution is 7.71. The zero-order chi connectivity index (χ0) is 17.8. The van der Waals surface area contributed by atoms with Gasteiger partial charge < -0.3 is 10.3 Å². The molecule has 0 saturated heterocycles. The van der Waals surface area contributed by atoms with E-state index in [0.29, 0.717) is 27.2 Å². The molecule has 0 spiro atoms. The van der Waals surface area contributed by atoms with Crippen LogP contribution < -0.4 is 10.9 Å². The molecule has 25 heavy (non-hydrogen) atoms. The van der Waals surface area contributed by atoms with Gasteiger partial charge in [-0.25, -0.2) is 0 Å². The Morgan fingerprint density at radius 1 is 1.16 bits per heavy atom. The summed E-state index contributed by atoms with van der Waals surface area (Å²) in [6.45, 7) is 0.640. The number of aromatic nitrogens is 2. The normalized spacial score (nSPS) is 10.8. The molecule has 0 aliphatic carbocycles. The van der Waals surface area contributed by atoms with Crippen LogP contribution in [0.25, 0.3) is 10.9 Å². The van der Waals surface area contributed by atoms with E-state index in [4.69, 9.17) is 23.8 Å². The number of aromatic amines is 1. The first-order valence-electron chi connectivity index (χ1n) is 7.77. The zero-order valence-electron chi connectivity index (χ0n) is 13.3. The van der Waals surface area contributed by atoms with Gasteiger partial charge in [-0.2, -0.15) is 0 Å². The molecule has 1 aromatic heterocycles. The van der Waals surface area contributed by atoms with Gasteiger partial charge in [0, 0.05) is 24.5 Å². The van der Waals surface area contributed by atoms with Gasteiger partial charge in [0.15, 0.2) is 4.77 Å². The summed E-state index contributed by atoms with van der Waals surface area (Å²) in [5.74, 6) is -0.149. The maximum atomic E-state index is 12.5. The number of fused-ring (bicyclic) bond motifs is 1. The van der Waals surface area contributed by atoms with Gasteiger partial charge in [0.1, 0.15) is 0 Å². The molecule has 0 aliphatic rings. The predicted molar refractivity (Wildman–Crippen MR) is 101 cm³/mol. The van der Waals surface area contributed by atoms with Crippen LogP contribution in [-0.4, -0.2) is 15.5 Å². The Balaban J connectivity index is 1.66. The van der Waals surface area contributed by atoms with Crippen molar-refractivity contribution in [2.45, 2.75) is 19.5 Å². The quantitative estimate of drug-likeness (QED) is 0.673. The topological polar surface area (TPSA) is 66.9 Å². The highest BCUT2D eigenvalue weighted by Crippen LogP contribution is 2.09. The first kappa shape index (κ1) is 17.4. The second-order valence-electron chi connectivity index (χ2n) is 5.59. The van der Waals surface area contributed by atoms with Crippen molar-refractivity contribution in [2.75, 3.05) is 0 Å². The summed E-state index contributed by atoms with van der Waals surface area (Å²) < 4.78 is 1.73. The van der Waals surface area contributed by atoms with E-state index in [0.717, 1.165) is 5.56 Å². The number of benzene rings is 2. The number of rotatable bonds is 5. The maximum absolute atomic E-state index is 12.5. The van der Waals surface area contributed by atoms with Gasteiger partial charge in [-0.1, -0.05) is 35.9 Å². The molecule has 0 atom stereocenters. The molecule has 0 saturated carbocycles. The lowest BCUT2D eigenvalue weighted by Gasteiger charge is -2.09. The number of nitrogens with zero attached hydrogens (tertiary/aromatic N) is 1. The highest BCUT2D eigenvalue weighted by atomic mass is 35.5. The van der Waals surface area contributed by atoms with E-state index in [2.05, 4.69) is 10.3 Å². The van der Waals surface area contributed by atoms with Crippen LogP contribution in [0, 0.1) is 4.77 Å². The summed E-state index contributed by atoms with van der Waals surface area (Å²) in [6.07, 6.45) is 0.170. The van der Waals surface area contributed by atoms with Crippen LogP contribution in [0.4, 0.5) is 0 Å². The zero-order valence-corrected chi connectivity index (χ0v) is 14.9. The SMILES string of the molecule is O=C(CCn1c(=S)[nH]c2ccccc2c1=O)NCc1ccc(Cl)cc1. The molecular weight excluding hydrogens is 358 g/mol. The second kappa shape index (κ2) is 7.63. The molecule has 7 heteroatoms. The van der Waals surface area contributed by atoms with Crippen molar-refractivity contribution < 1.29 is 4.79 Å². The van der Waals surface area contributed by atoms with E-state index in [1.165, 1.54) is 4.57 Å². The van der Waals surface area contributed by atoms with Crippen molar-refractivity contribution in [3.05, 3.63) is 74.2 Å². The fourth-order valence-electron chi connectivity index (χ4n) is 2.51. The first-order valence-corrected chi connectivity index (χ1v) is 8.56. The van der Waals surface area contributed by atoms with E-state index in [1.54, 1.807) is 30.3 Å². The molecule has 0 bridgehead atoms. The lowest BCUT2D eigenvalue weighted by atomic mass is 10.2. The van der Waals surface area contributed by atoms with E-state index in [1.807, 2.05) is 18.2 Å². The number of halogens is 1. The van der Waals surface area contributed by atoms with Gasteiger partial charge in [-0.3, -0.25) is 14.2 Å². The Labute approximate surface area is 154 Å². The number of hydrogen-bond acceptors (Lipinski definition) is 3. The lowest BCUT2D eigenvalue weighted by molar-refractivity contribution is -0.121. The Morgan fingerprint density at radius 3 is 2.64 bits per heavy atom. The summed E-state index contributed by atoms with van der Waals surface area (Å²) in [5.41, 5.74) is 1.46. The number of nitrogens with one attached hydrogen (secondary N) is 2. The van der Waals surface area contributed by atoms with Gasteiger partial charge in [0.2, 0.25) is 5.91 Å². The molecule has 0 aliphatic heterocycles. The minimum absolute atomic E-state index is 0.149. The predicted octanol–water partition coefficient (Wildman–Crippen LogP) is 3.42. The van der Waals surface area contributed by atoms with Crippen LogP contribution in [0.2, 0.25) is 5.02 Å². The highest BCUT2D eigenvalue weighted by Gasteiger charge is 2.08. The number of H-pyrrole nitrogens is 1. The average molecular weight is 374 g/mol. The fraction of sp³-hybridized carbons (Fsp3) is 0.167. The Bertz CT molecular complexity index is 1020. The lowest BCUT2D eigenvalue weighted by Crippen LogP contribution is -2.28. The molecule has 3 rings (SSSR count). The summed E-state index contributed by atoms with van der Waals surface area (Å²) in [6, 6.07) is 14.4. The molecule has 2 N–H and O–H groups in total. The van der Waals surface area contributed by atoms with Crippen molar-refractivity contribution in [2.24, 2.45) is 0 Å². The summed E-state index contributed by atoms with van der Waals surface area (Å²) in [4.78, 5) is 27.6. The minimum Gasteiger partial charge on any atom is -0.352 e. The molecule has 1 heterocycles. The van der Waals surface area contributed by atoms with Crippen molar-refractivity contribution in [3.63, 3.8) is 0 Å². The van der Waals surface area contributed by atoms with Gasteiger partial charge in [0.05, 0.1) is 10.9 Å². The van der Waals surface area contributed by atoms with Gasteiger partial charge >= 0.3 is 0 Å². The maximum Gasteiger partial charge on any atom is 0.262 e. The number of para-hydroxylation sites is 1. The third-order valence-corrected chi connectivity index (χ3v) is 4.43. The Morgan fingerprint density at radius 2 is 1.88 bits per heavy atom. The Hall–Kier alpha value is -2.44. The van der Waals surface area contributed by atoms with Crippen LogP contribution in [0.1, 0.15) is 12.0 Å². The number of carbonyl (C=O) groups excluding carboxylic acids is 1. The van der Waals surface area contributed by atoms with Crippen molar-refractivity contribution >= 4 is 40.6 Å². The number of amides is 1. The molecular formula is C18H16ClN3O2S. The van der Waals surface area contributed by atoms with Gasteiger partial charge in [0.25, 0.3) is 5.56 Å². The number of carbonyl (C=O) groups is 1. The molecule has 0 radical (unpaired) electrons. The smallest absolute Gasteiger partial charge is 0.262 e. The largest absolute Gasteiger partial charge is 0.352 e. The van der Waals surface area contributed by atoms with Gasteiger partial charge in [-0.15, -0.1) is 0 Å². The van der Waals surface area contributed by atoms with E-state index in [-0.39, 0.29) is 24.4 Å². The van der Waals surface area contributed by atoms with Crippen LogP contribution >= 0.6 is 23.8 Å². The molecule has 0 unspecified atom stereocenters. The molecule has 1 amide bonds. The van der Waals surface area contributed by atoms with E-state index < -0.39 is 0 Å². The van der Waals surface area contributed by atoms with E-state index in [9.17, 15) is 9.59 Å². The van der Waals surface area contributed by atoms with Crippen molar-refractivity contribution in [1.82, 2.24) is 14.9 Å². The van der Waals surface area contributed by atoms with Gasteiger partial charge in [-0.05, 0) is 42.0 Å². The van der Waals surface area contributed by atoms with Crippen molar-refractivity contribution in [1.29, 1.82) is 0 Å². The second-order valence-corrected chi connectivity index (χ2v) is 6.41. The Kier molecular flexibility index (Phi) is 5.31. The summed E-state index contributed by atoms with van der Waals surface area (Å²) in [5, 5.41) is 4.03. The third kappa shape index (κ3) is 4.15. The molecule has 128 valence electrons. The molecule has 3 aromatic rings. The summed E-state index contributed by atoms with van der Waals surface area (Å²) >= 11 is 11.1. The molecule has 0 fully saturated rings. The van der Waals surface area contributed by atoms with E-state index >= 15 is 0 Å².